The number of likely N-dealkylation sites (tertiary alicyclic amines) is 1. The maximum Gasteiger partial charge on any atom is 0.295 e. The van der Waals surface area contributed by atoms with E-state index in [1.165, 1.54) is 18.4 Å². The van der Waals surface area contributed by atoms with E-state index in [4.69, 9.17) is 4.74 Å². The van der Waals surface area contributed by atoms with Crippen LogP contribution in [0.4, 0.5) is 0 Å². The van der Waals surface area contributed by atoms with Gasteiger partial charge in [0.25, 0.3) is 11.7 Å². The predicted molar refractivity (Wildman–Crippen MR) is 101 cm³/mol. The van der Waals surface area contributed by atoms with Crippen LogP contribution in [0.25, 0.3) is 5.76 Å². The summed E-state index contributed by atoms with van der Waals surface area (Å²) in [5, 5.41) is 12.8. The molecule has 0 radical (unpaired) electrons. The molecule has 26 heavy (non-hydrogen) atoms. The van der Waals surface area contributed by atoms with E-state index in [-0.39, 0.29) is 11.3 Å². The van der Waals surface area contributed by atoms with Crippen LogP contribution in [0.5, 0.6) is 5.75 Å². The zero-order chi connectivity index (χ0) is 18.7. The average molecular weight is 371 g/mol. The average Bonchev–Trinajstić information content (AvgIpc) is 3.27. The predicted octanol–water partition coefficient (Wildman–Crippen LogP) is 3.98. The molecule has 1 aliphatic heterocycles. The van der Waals surface area contributed by atoms with E-state index in [1.807, 2.05) is 24.4 Å². The number of ether oxygens (including phenoxy) is 1. The third kappa shape index (κ3) is 3.24. The largest absolute Gasteiger partial charge is 0.507 e. The van der Waals surface area contributed by atoms with Crippen molar-refractivity contribution in [2.75, 3.05) is 13.7 Å². The highest BCUT2D eigenvalue weighted by molar-refractivity contribution is 7.10. The van der Waals surface area contributed by atoms with Crippen molar-refractivity contribution in [3.05, 3.63) is 57.8 Å². The number of hydrogen-bond donors (Lipinski definition) is 1. The Hall–Kier alpha value is -2.60. The molecule has 1 saturated heterocycles. The Bertz CT molecular complexity index is 841. The van der Waals surface area contributed by atoms with E-state index in [0.29, 0.717) is 17.9 Å². The van der Waals surface area contributed by atoms with Crippen LogP contribution in [0.1, 0.15) is 36.2 Å². The number of Topliss-reactive ketones (excluding diaryl/α,β-unsaturated/α-hetero) is 1. The lowest BCUT2D eigenvalue weighted by Crippen LogP contribution is -2.30. The molecule has 1 aliphatic rings. The van der Waals surface area contributed by atoms with Crippen LogP contribution in [-0.2, 0) is 9.59 Å². The molecule has 1 N–H and O–H groups in total. The van der Waals surface area contributed by atoms with Crippen molar-refractivity contribution in [2.24, 2.45) is 0 Å². The van der Waals surface area contributed by atoms with Gasteiger partial charge in [0.2, 0.25) is 0 Å². The van der Waals surface area contributed by atoms with Crippen molar-refractivity contribution >= 4 is 28.8 Å². The van der Waals surface area contributed by atoms with E-state index >= 15 is 0 Å². The Labute approximate surface area is 156 Å². The lowest BCUT2D eigenvalue weighted by Gasteiger charge is -2.23. The first-order chi connectivity index (χ1) is 12.6. The second-order valence-electron chi connectivity index (χ2n) is 6.09. The molecule has 1 amide bonds. The first-order valence-corrected chi connectivity index (χ1v) is 9.42. The number of ketones is 1. The molecule has 6 heteroatoms. The molecular formula is C20H21NO4S. The van der Waals surface area contributed by atoms with E-state index < -0.39 is 17.7 Å². The van der Waals surface area contributed by atoms with E-state index in [1.54, 1.807) is 29.2 Å². The van der Waals surface area contributed by atoms with E-state index in [0.717, 1.165) is 17.7 Å². The normalized spacial score (nSPS) is 19.2. The fourth-order valence-electron chi connectivity index (χ4n) is 3.11. The SMILES string of the molecule is CCCCN1C(=O)C(=O)/C(=C(\O)c2cccc(OC)c2)C1c1cccs1. The Morgan fingerprint density at radius 3 is 2.73 bits per heavy atom. The summed E-state index contributed by atoms with van der Waals surface area (Å²) in [6.07, 6.45) is 1.71. The standard InChI is InChI=1S/C20H21NO4S/c1-3-4-10-21-17(15-9-6-11-26-15)16(19(23)20(21)24)18(22)13-7-5-8-14(12-13)25-2/h5-9,11-12,17,22H,3-4,10H2,1-2H3/b18-16-. The number of nitrogens with zero attached hydrogens (tertiary/aromatic N) is 1. The lowest BCUT2D eigenvalue weighted by molar-refractivity contribution is -0.139. The van der Waals surface area contributed by atoms with Crippen molar-refractivity contribution in [2.45, 2.75) is 25.8 Å². The van der Waals surface area contributed by atoms with Crippen LogP contribution in [0.3, 0.4) is 0 Å². The number of hydrogen-bond acceptors (Lipinski definition) is 5. The van der Waals surface area contributed by atoms with Crippen LogP contribution < -0.4 is 4.74 Å². The molecule has 0 spiro atoms. The first-order valence-electron chi connectivity index (χ1n) is 8.54. The van der Waals surface area contributed by atoms with Crippen LogP contribution in [0, 0.1) is 0 Å². The summed E-state index contributed by atoms with van der Waals surface area (Å²) in [5.74, 6) is -0.789. The molecular weight excluding hydrogens is 350 g/mol. The van der Waals surface area contributed by atoms with Gasteiger partial charge in [-0.1, -0.05) is 31.5 Å². The van der Waals surface area contributed by atoms with Gasteiger partial charge in [-0.3, -0.25) is 9.59 Å². The Morgan fingerprint density at radius 1 is 1.27 bits per heavy atom. The van der Waals surface area contributed by atoms with Gasteiger partial charge in [-0.05, 0) is 30.0 Å². The minimum atomic E-state index is -0.639. The van der Waals surface area contributed by atoms with Gasteiger partial charge >= 0.3 is 0 Å². The Morgan fingerprint density at radius 2 is 2.08 bits per heavy atom. The fraction of sp³-hybridized carbons (Fsp3) is 0.300. The van der Waals surface area contributed by atoms with Crippen LogP contribution in [0.15, 0.2) is 47.4 Å². The van der Waals surface area contributed by atoms with Crippen molar-refractivity contribution in [1.82, 2.24) is 4.90 Å². The summed E-state index contributed by atoms with van der Waals surface area (Å²) in [4.78, 5) is 27.8. The van der Waals surface area contributed by atoms with Crippen molar-refractivity contribution < 1.29 is 19.4 Å². The zero-order valence-electron chi connectivity index (χ0n) is 14.8. The smallest absolute Gasteiger partial charge is 0.295 e. The highest BCUT2D eigenvalue weighted by Crippen LogP contribution is 2.41. The molecule has 0 aliphatic carbocycles. The number of carbonyl (C=O) groups excluding carboxylic acids is 2. The third-order valence-electron chi connectivity index (χ3n) is 4.45. The number of carbonyl (C=O) groups is 2. The summed E-state index contributed by atoms with van der Waals surface area (Å²) in [6.45, 7) is 2.52. The van der Waals surface area contributed by atoms with Crippen molar-refractivity contribution in [3.63, 3.8) is 0 Å². The molecule has 0 saturated carbocycles. The minimum Gasteiger partial charge on any atom is -0.507 e. The molecule has 1 fully saturated rings. The maximum absolute atomic E-state index is 12.7. The lowest BCUT2D eigenvalue weighted by atomic mass is 9.99. The summed E-state index contributed by atoms with van der Waals surface area (Å²) in [6, 6.07) is 10.1. The highest BCUT2D eigenvalue weighted by Gasteiger charge is 2.46. The van der Waals surface area contributed by atoms with Gasteiger partial charge in [0.05, 0.1) is 18.7 Å². The van der Waals surface area contributed by atoms with Crippen LogP contribution in [-0.4, -0.2) is 35.4 Å². The first kappa shape index (κ1) is 18.2. The number of rotatable bonds is 6. The van der Waals surface area contributed by atoms with E-state index in [2.05, 4.69) is 0 Å². The molecule has 1 aromatic carbocycles. The molecule has 2 aromatic rings. The van der Waals surface area contributed by atoms with Gasteiger partial charge in [0, 0.05) is 17.0 Å². The summed E-state index contributed by atoms with van der Waals surface area (Å²) < 4.78 is 5.20. The molecule has 1 unspecified atom stereocenters. The molecule has 0 bridgehead atoms. The topological polar surface area (TPSA) is 66.8 Å². The highest BCUT2D eigenvalue weighted by atomic mass is 32.1. The summed E-state index contributed by atoms with van der Waals surface area (Å²) >= 11 is 1.47. The van der Waals surface area contributed by atoms with Crippen molar-refractivity contribution in [1.29, 1.82) is 0 Å². The second kappa shape index (κ2) is 7.74. The minimum absolute atomic E-state index is 0.141. The van der Waals surface area contributed by atoms with Gasteiger partial charge in [0.15, 0.2) is 0 Å². The zero-order valence-corrected chi connectivity index (χ0v) is 15.6. The van der Waals surface area contributed by atoms with E-state index in [9.17, 15) is 14.7 Å². The monoisotopic (exact) mass is 371 g/mol. The van der Waals surface area contributed by atoms with Gasteiger partial charge in [-0.25, -0.2) is 0 Å². The maximum atomic E-state index is 12.7. The third-order valence-corrected chi connectivity index (χ3v) is 5.37. The number of aliphatic hydroxyl groups excluding tert-OH is 1. The molecule has 1 aromatic heterocycles. The Kier molecular flexibility index (Phi) is 5.42. The van der Waals surface area contributed by atoms with Crippen LogP contribution >= 0.6 is 11.3 Å². The number of amides is 1. The molecule has 2 heterocycles. The number of thiophene rings is 1. The summed E-state index contributed by atoms with van der Waals surface area (Å²) in [5.41, 5.74) is 0.598. The second-order valence-corrected chi connectivity index (χ2v) is 7.07. The quantitative estimate of drug-likeness (QED) is 0.474. The molecule has 5 nitrogen and oxygen atoms in total. The number of aliphatic hydroxyl groups is 1. The number of methoxy groups -OCH3 is 1. The molecule has 1 atom stereocenters. The van der Waals surface area contributed by atoms with Crippen LogP contribution in [0.2, 0.25) is 0 Å². The van der Waals surface area contributed by atoms with Gasteiger partial charge in [-0.2, -0.15) is 0 Å². The summed E-state index contributed by atoms with van der Waals surface area (Å²) in [7, 11) is 1.54. The van der Waals surface area contributed by atoms with Crippen molar-refractivity contribution in [3.8, 4) is 5.75 Å². The number of benzene rings is 1. The molecule has 136 valence electrons. The Balaban J connectivity index is 2.12. The number of unbranched alkanes of at least 4 members (excludes halogenated alkanes) is 1. The van der Waals surface area contributed by atoms with Gasteiger partial charge in [0.1, 0.15) is 11.5 Å². The van der Waals surface area contributed by atoms with Gasteiger partial charge in [-0.15, -0.1) is 11.3 Å². The van der Waals surface area contributed by atoms with Gasteiger partial charge < -0.3 is 14.7 Å². The molecule has 3 rings (SSSR count). The fourth-order valence-corrected chi connectivity index (χ4v) is 3.95.